The summed E-state index contributed by atoms with van der Waals surface area (Å²) in [5.74, 6) is 0.355. The minimum absolute atomic E-state index is 0.0132. The summed E-state index contributed by atoms with van der Waals surface area (Å²) >= 11 is 0. The molecule has 0 aliphatic heterocycles. The van der Waals surface area contributed by atoms with Gasteiger partial charge in [-0.25, -0.2) is 4.39 Å². The van der Waals surface area contributed by atoms with E-state index in [1.54, 1.807) is 42.5 Å². The molecule has 2 aromatic rings. The lowest BCUT2D eigenvalue weighted by atomic mass is 9.85. The van der Waals surface area contributed by atoms with E-state index in [1.807, 2.05) is 0 Å². The van der Waals surface area contributed by atoms with Crippen LogP contribution < -0.4 is 15.8 Å². The first-order valence-corrected chi connectivity index (χ1v) is 8.64. The van der Waals surface area contributed by atoms with Crippen LogP contribution >= 0.6 is 0 Å². The molecule has 0 aromatic heterocycles. The summed E-state index contributed by atoms with van der Waals surface area (Å²) < 4.78 is 19.2. The molecule has 5 heteroatoms. The van der Waals surface area contributed by atoms with Gasteiger partial charge in [0.05, 0.1) is 0 Å². The zero-order valence-electron chi connectivity index (χ0n) is 14.1. The van der Waals surface area contributed by atoms with Crippen molar-refractivity contribution in [3.05, 3.63) is 59.9 Å². The molecule has 0 heterocycles. The molecule has 132 valence electrons. The van der Waals surface area contributed by atoms with Crippen LogP contribution in [0.5, 0.6) is 5.75 Å². The van der Waals surface area contributed by atoms with Gasteiger partial charge in [0.2, 0.25) is 5.91 Å². The van der Waals surface area contributed by atoms with Gasteiger partial charge in [0.1, 0.15) is 18.2 Å². The Kier molecular flexibility index (Phi) is 5.66. The summed E-state index contributed by atoms with van der Waals surface area (Å²) in [5.41, 5.74) is 7.18. The highest BCUT2D eigenvalue weighted by Gasteiger charge is 2.25. The molecule has 2 unspecified atom stereocenters. The smallest absolute Gasteiger partial charge is 0.227 e. The number of benzene rings is 2. The highest BCUT2D eigenvalue weighted by Crippen LogP contribution is 2.25. The van der Waals surface area contributed by atoms with Crippen molar-refractivity contribution in [2.75, 3.05) is 5.32 Å². The molecule has 1 fully saturated rings. The lowest BCUT2D eigenvalue weighted by molar-refractivity contribution is -0.120. The molecule has 1 aliphatic rings. The third-order valence-corrected chi connectivity index (χ3v) is 4.56. The Hall–Kier alpha value is -2.40. The Labute approximate surface area is 147 Å². The molecule has 3 N–H and O–H groups in total. The van der Waals surface area contributed by atoms with Gasteiger partial charge in [-0.05, 0) is 49.6 Å². The second-order valence-electron chi connectivity index (χ2n) is 6.52. The molecule has 1 aliphatic carbocycles. The quantitative estimate of drug-likeness (QED) is 0.867. The third-order valence-electron chi connectivity index (χ3n) is 4.56. The molecule has 2 aromatic carbocycles. The van der Waals surface area contributed by atoms with E-state index in [4.69, 9.17) is 10.5 Å². The van der Waals surface area contributed by atoms with Gasteiger partial charge in [0, 0.05) is 23.2 Å². The summed E-state index contributed by atoms with van der Waals surface area (Å²) in [6.07, 6.45) is 3.64. The predicted molar refractivity (Wildman–Crippen MR) is 95.7 cm³/mol. The number of hydrogen-bond acceptors (Lipinski definition) is 3. The molecule has 0 radical (unpaired) electrons. The topological polar surface area (TPSA) is 64.4 Å². The first-order chi connectivity index (χ1) is 12.1. The van der Waals surface area contributed by atoms with Crippen LogP contribution in [0, 0.1) is 11.7 Å². The third kappa shape index (κ3) is 4.79. The van der Waals surface area contributed by atoms with E-state index in [0.717, 1.165) is 31.4 Å². The number of nitrogens with two attached hydrogens (primary N) is 1. The maximum Gasteiger partial charge on any atom is 0.227 e. The molecule has 0 spiro atoms. The van der Waals surface area contributed by atoms with Crippen molar-refractivity contribution >= 4 is 11.6 Å². The highest BCUT2D eigenvalue weighted by atomic mass is 19.1. The van der Waals surface area contributed by atoms with Gasteiger partial charge in [-0.1, -0.05) is 24.6 Å². The van der Waals surface area contributed by atoms with Crippen molar-refractivity contribution in [2.24, 2.45) is 11.7 Å². The number of nitrogens with one attached hydrogen (secondary N) is 1. The van der Waals surface area contributed by atoms with Crippen molar-refractivity contribution in [3.63, 3.8) is 0 Å². The number of carbonyl (C=O) groups is 1. The minimum atomic E-state index is -0.280. The maximum absolute atomic E-state index is 13.6. The molecule has 0 saturated heterocycles. The van der Waals surface area contributed by atoms with Crippen molar-refractivity contribution < 1.29 is 13.9 Å². The summed E-state index contributed by atoms with van der Waals surface area (Å²) in [4.78, 5) is 12.3. The van der Waals surface area contributed by atoms with E-state index in [2.05, 4.69) is 5.32 Å². The fourth-order valence-electron chi connectivity index (χ4n) is 3.12. The molecule has 2 atom stereocenters. The molecule has 3 rings (SSSR count). The van der Waals surface area contributed by atoms with E-state index < -0.39 is 0 Å². The number of amides is 1. The van der Waals surface area contributed by atoms with Crippen LogP contribution in [0.25, 0.3) is 0 Å². The van der Waals surface area contributed by atoms with Crippen molar-refractivity contribution in [2.45, 2.75) is 38.3 Å². The van der Waals surface area contributed by atoms with Crippen LogP contribution in [-0.4, -0.2) is 11.9 Å². The number of ether oxygens (including phenoxy) is 1. The summed E-state index contributed by atoms with van der Waals surface area (Å²) in [6, 6.07) is 13.8. The largest absolute Gasteiger partial charge is 0.489 e. The van der Waals surface area contributed by atoms with Crippen molar-refractivity contribution in [1.82, 2.24) is 0 Å². The van der Waals surface area contributed by atoms with Gasteiger partial charge in [-0.3, -0.25) is 4.79 Å². The normalized spacial score (nSPS) is 20.1. The number of hydrogen-bond donors (Lipinski definition) is 2. The predicted octanol–water partition coefficient (Wildman–Crippen LogP) is 3.86. The maximum atomic E-state index is 13.6. The summed E-state index contributed by atoms with van der Waals surface area (Å²) in [6.45, 7) is 0.165. The molecule has 0 bridgehead atoms. The molecule has 4 nitrogen and oxygen atoms in total. The lowest BCUT2D eigenvalue weighted by Crippen LogP contribution is -2.34. The average molecular weight is 342 g/mol. The van der Waals surface area contributed by atoms with E-state index in [0.29, 0.717) is 11.3 Å². The van der Waals surface area contributed by atoms with Crippen LogP contribution in [0.15, 0.2) is 48.5 Å². The van der Waals surface area contributed by atoms with Crippen LogP contribution in [-0.2, 0) is 11.4 Å². The Balaban J connectivity index is 1.53. The number of rotatable bonds is 5. The number of halogens is 1. The van der Waals surface area contributed by atoms with Crippen LogP contribution in [0.4, 0.5) is 10.1 Å². The lowest BCUT2D eigenvalue weighted by Gasteiger charge is -2.25. The Bertz CT molecular complexity index is 718. The van der Waals surface area contributed by atoms with Gasteiger partial charge in [0.25, 0.3) is 0 Å². The number of carbonyl (C=O) groups excluding carboxylic acids is 1. The van der Waals surface area contributed by atoms with E-state index in [-0.39, 0.29) is 30.3 Å². The fraction of sp³-hybridized carbons (Fsp3) is 0.350. The second kappa shape index (κ2) is 8.12. The first kappa shape index (κ1) is 17.4. The zero-order chi connectivity index (χ0) is 17.6. The van der Waals surface area contributed by atoms with Gasteiger partial charge in [-0.2, -0.15) is 0 Å². The highest BCUT2D eigenvalue weighted by molar-refractivity contribution is 5.92. The van der Waals surface area contributed by atoms with Crippen LogP contribution in [0.2, 0.25) is 0 Å². The van der Waals surface area contributed by atoms with E-state index >= 15 is 0 Å². The Morgan fingerprint density at radius 3 is 2.64 bits per heavy atom. The minimum Gasteiger partial charge on any atom is -0.489 e. The average Bonchev–Trinajstić information content (AvgIpc) is 2.62. The fourth-order valence-corrected chi connectivity index (χ4v) is 3.12. The van der Waals surface area contributed by atoms with Crippen LogP contribution in [0.3, 0.4) is 0 Å². The monoisotopic (exact) mass is 342 g/mol. The van der Waals surface area contributed by atoms with Crippen LogP contribution in [0.1, 0.15) is 31.2 Å². The number of anilines is 1. The Morgan fingerprint density at radius 2 is 1.92 bits per heavy atom. The van der Waals surface area contributed by atoms with Gasteiger partial charge < -0.3 is 15.8 Å². The van der Waals surface area contributed by atoms with Crippen molar-refractivity contribution in [1.29, 1.82) is 0 Å². The molecule has 25 heavy (non-hydrogen) atoms. The van der Waals surface area contributed by atoms with Crippen molar-refractivity contribution in [3.8, 4) is 5.75 Å². The summed E-state index contributed by atoms with van der Waals surface area (Å²) in [5, 5.41) is 2.93. The molecule has 1 saturated carbocycles. The van der Waals surface area contributed by atoms with E-state index in [9.17, 15) is 9.18 Å². The van der Waals surface area contributed by atoms with E-state index in [1.165, 1.54) is 6.07 Å². The first-order valence-electron chi connectivity index (χ1n) is 8.64. The molecular formula is C20H23FN2O2. The van der Waals surface area contributed by atoms with Gasteiger partial charge in [0.15, 0.2) is 0 Å². The second-order valence-corrected chi connectivity index (χ2v) is 6.52. The molecular weight excluding hydrogens is 319 g/mol. The Morgan fingerprint density at radius 1 is 1.16 bits per heavy atom. The van der Waals surface area contributed by atoms with Gasteiger partial charge in [-0.15, -0.1) is 0 Å². The zero-order valence-corrected chi connectivity index (χ0v) is 14.1. The SMILES string of the molecule is NC1CCCC(C(=O)Nc2ccc(OCc3ccccc3F)cc2)C1. The summed E-state index contributed by atoms with van der Waals surface area (Å²) in [7, 11) is 0. The standard InChI is InChI=1S/C20H23FN2O2/c21-19-7-2-1-4-15(19)13-25-18-10-8-17(9-11-18)23-20(24)14-5-3-6-16(22)12-14/h1-2,4,7-11,14,16H,3,5-6,12-13,22H2,(H,23,24). The van der Waals surface area contributed by atoms with Gasteiger partial charge >= 0.3 is 0 Å². The molecule has 1 amide bonds.